The molecule has 0 bridgehead atoms. The minimum Gasteiger partial charge on any atom is -0.343 e. The Morgan fingerprint density at radius 1 is 0.667 bits per heavy atom. The van der Waals surface area contributed by atoms with Gasteiger partial charge in [0, 0.05) is 49.6 Å². The van der Waals surface area contributed by atoms with Gasteiger partial charge in [-0.2, -0.15) is 0 Å². The number of fused-ring (bicyclic) bond motifs is 3. The number of rotatable bonds is 0. The minimum absolute atomic E-state index is 0.887. The van der Waals surface area contributed by atoms with E-state index in [0.717, 1.165) is 22.3 Å². The predicted molar refractivity (Wildman–Crippen MR) is 99.9 cm³/mol. The number of hydrogen-bond acceptors (Lipinski definition) is 6. The van der Waals surface area contributed by atoms with Crippen molar-refractivity contribution in [3.63, 3.8) is 0 Å². The molecule has 1 N–H and O–H groups in total. The summed E-state index contributed by atoms with van der Waals surface area (Å²) in [6, 6.07) is 3.73. The Hall–Kier alpha value is -4.14. The molecule has 0 amide bonds. The van der Waals surface area contributed by atoms with Gasteiger partial charge >= 0.3 is 0 Å². The van der Waals surface area contributed by atoms with Gasteiger partial charge in [-0.3, -0.25) is 14.4 Å². The highest BCUT2D eigenvalue weighted by molar-refractivity contribution is 5.72. The molecule has 9 nitrogen and oxygen atoms in total. The van der Waals surface area contributed by atoms with Crippen LogP contribution in [0.5, 0.6) is 0 Å². The fraction of sp³-hybridized carbons (Fsp3) is 0. The second-order valence-electron chi connectivity index (χ2n) is 5.34. The number of H-pyrrole nitrogens is 1. The van der Waals surface area contributed by atoms with Crippen LogP contribution in [0.4, 0.5) is 0 Å². The highest BCUT2D eigenvalue weighted by atomic mass is 15.0. The molecule has 0 aromatic carbocycles. The van der Waals surface area contributed by atoms with Gasteiger partial charge in [0.25, 0.3) is 0 Å². The first-order chi connectivity index (χ1) is 13.4. The fourth-order valence-corrected chi connectivity index (χ4v) is 2.32. The van der Waals surface area contributed by atoms with Crippen LogP contribution in [-0.2, 0) is 0 Å². The van der Waals surface area contributed by atoms with Crippen LogP contribution in [0.25, 0.3) is 22.3 Å². The van der Waals surface area contributed by atoms with Gasteiger partial charge in [0.1, 0.15) is 12.0 Å². The molecular formula is C18H15N9. The molecule has 9 heteroatoms. The number of nitrogens with zero attached hydrogens (tertiary/aromatic N) is 8. The van der Waals surface area contributed by atoms with E-state index in [4.69, 9.17) is 0 Å². The van der Waals surface area contributed by atoms with Crippen molar-refractivity contribution in [2.75, 3.05) is 0 Å². The Morgan fingerprint density at radius 2 is 1.44 bits per heavy atom. The topological polar surface area (TPSA) is 102 Å². The summed E-state index contributed by atoms with van der Waals surface area (Å²) in [5.74, 6) is 0. The monoisotopic (exact) mass is 357 g/mol. The molecule has 0 aliphatic rings. The number of pyridine rings is 1. The zero-order chi connectivity index (χ0) is 18.3. The maximum absolute atomic E-state index is 4.04. The standard InChI is InChI=1S/3C6H5N3/c1-3-9-4-2-8-6(9)5-7-1;1-2-7-3-6-5(1)8-4-9-6;1-2-7-5-9-4-3-8-6(1)9/h1-5H;1-4H,(H,8,9);1-5H. The molecule has 0 spiro atoms. The number of hydrogen-bond donors (Lipinski definition) is 1. The average Bonchev–Trinajstić information content (AvgIpc) is 3.48. The Labute approximate surface area is 153 Å². The van der Waals surface area contributed by atoms with Crippen molar-refractivity contribution in [3.8, 4) is 0 Å². The molecule has 0 fully saturated rings. The second-order valence-corrected chi connectivity index (χ2v) is 5.34. The molecule has 0 atom stereocenters. The van der Waals surface area contributed by atoms with Crippen molar-refractivity contribution in [2.24, 2.45) is 0 Å². The Bertz CT molecular complexity index is 1000. The summed E-state index contributed by atoms with van der Waals surface area (Å²) >= 11 is 0. The SMILES string of the molecule is c1cc2nc[nH]c2cn1.c1cc2nccn2cn1.c1cn2ccnc2cn1. The summed E-state index contributed by atoms with van der Waals surface area (Å²) in [5, 5.41) is 0. The zero-order valence-corrected chi connectivity index (χ0v) is 14.2. The summed E-state index contributed by atoms with van der Waals surface area (Å²) in [4.78, 5) is 26.8. The lowest BCUT2D eigenvalue weighted by atomic mass is 10.4. The molecule has 0 aliphatic carbocycles. The molecule has 0 saturated carbocycles. The normalized spacial score (nSPS) is 10.2. The first-order valence-electron chi connectivity index (χ1n) is 8.08. The number of aromatic amines is 1. The summed E-state index contributed by atoms with van der Waals surface area (Å²) < 4.78 is 3.77. The van der Waals surface area contributed by atoms with Gasteiger partial charge in [-0.05, 0) is 12.1 Å². The Morgan fingerprint density at radius 3 is 2.30 bits per heavy atom. The predicted octanol–water partition coefficient (Wildman–Crippen LogP) is 2.42. The van der Waals surface area contributed by atoms with E-state index in [-0.39, 0.29) is 0 Å². The molecule has 27 heavy (non-hydrogen) atoms. The largest absolute Gasteiger partial charge is 0.343 e. The minimum atomic E-state index is 0.887. The molecule has 132 valence electrons. The number of nitrogens with one attached hydrogen (secondary N) is 1. The molecule has 6 aromatic rings. The molecule has 0 radical (unpaired) electrons. The van der Waals surface area contributed by atoms with Crippen LogP contribution in [0, 0.1) is 0 Å². The second kappa shape index (κ2) is 7.83. The van der Waals surface area contributed by atoms with E-state index >= 15 is 0 Å². The van der Waals surface area contributed by atoms with E-state index < -0.39 is 0 Å². The van der Waals surface area contributed by atoms with Crippen LogP contribution in [0.15, 0.2) is 86.8 Å². The highest BCUT2D eigenvalue weighted by Gasteiger charge is 1.89. The Balaban J connectivity index is 0.0000001000. The van der Waals surface area contributed by atoms with Crippen molar-refractivity contribution in [1.82, 2.24) is 43.7 Å². The lowest BCUT2D eigenvalue weighted by Crippen LogP contribution is -1.81. The zero-order valence-electron chi connectivity index (χ0n) is 14.2. The average molecular weight is 357 g/mol. The van der Waals surface area contributed by atoms with E-state index in [1.54, 1.807) is 56.0 Å². The third-order valence-corrected chi connectivity index (χ3v) is 3.62. The first-order valence-corrected chi connectivity index (χ1v) is 8.08. The van der Waals surface area contributed by atoms with Crippen LogP contribution in [0.2, 0.25) is 0 Å². The van der Waals surface area contributed by atoms with Crippen molar-refractivity contribution in [3.05, 3.63) is 86.8 Å². The van der Waals surface area contributed by atoms with Gasteiger partial charge in [-0.1, -0.05) is 0 Å². The lowest BCUT2D eigenvalue weighted by molar-refractivity contribution is 1.09. The molecule has 6 aromatic heterocycles. The summed E-state index contributed by atoms with van der Waals surface area (Å²) in [6.45, 7) is 0. The van der Waals surface area contributed by atoms with Gasteiger partial charge in [-0.25, -0.2) is 19.9 Å². The van der Waals surface area contributed by atoms with E-state index in [2.05, 4.69) is 34.9 Å². The third kappa shape index (κ3) is 3.93. The number of aromatic nitrogens is 9. The molecule has 0 aliphatic heterocycles. The molecule has 6 heterocycles. The fourth-order valence-electron chi connectivity index (χ4n) is 2.32. The molecule has 0 unspecified atom stereocenters. The molecule has 6 rings (SSSR count). The number of imidazole rings is 3. The van der Waals surface area contributed by atoms with Crippen LogP contribution < -0.4 is 0 Å². The van der Waals surface area contributed by atoms with Gasteiger partial charge < -0.3 is 9.38 Å². The van der Waals surface area contributed by atoms with Crippen molar-refractivity contribution < 1.29 is 0 Å². The third-order valence-electron chi connectivity index (χ3n) is 3.62. The van der Waals surface area contributed by atoms with Gasteiger partial charge in [0.05, 0.1) is 29.8 Å². The van der Waals surface area contributed by atoms with E-state index in [0.29, 0.717) is 0 Å². The molecule has 0 saturated heterocycles. The van der Waals surface area contributed by atoms with Crippen molar-refractivity contribution >= 4 is 22.3 Å². The van der Waals surface area contributed by atoms with Crippen LogP contribution in [-0.4, -0.2) is 43.7 Å². The molecular weight excluding hydrogens is 342 g/mol. The summed E-state index contributed by atoms with van der Waals surface area (Å²) in [5.41, 5.74) is 3.77. The van der Waals surface area contributed by atoms with E-state index in [9.17, 15) is 0 Å². The summed E-state index contributed by atoms with van der Waals surface area (Å²) in [7, 11) is 0. The van der Waals surface area contributed by atoms with Gasteiger partial charge in [0.2, 0.25) is 0 Å². The lowest BCUT2D eigenvalue weighted by Gasteiger charge is -1.86. The quantitative estimate of drug-likeness (QED) is 0.448. The van der Waals surface area contributed by atoms with Gasteiger partial charge in [0.15, 0.2) is 5.65 Å². The van der Waals surface area contributed by atoms with Crippen molar-refractivity contribution in [1.29, 1.82) is 0 Å². The highest BCUT2D eigenvalue weighted by Crippen LogP contribution is 2.03. The maximum atomic E-state index is 4.04. The van der Waals surface area contributed by atoms with Crippen molar-refractivity contribution in [2.45, 2.75) is 0 Å². The smallest absolute Gasteiger partial charge is 0.155 e. The van der Waals surface area contributed by atoms with E-state index in [1.165, 1.54) is 0 Å². The van der Waals surface area contributed by atoms with Crippen LogP contribution >= 0.6 is 0 Å². The van der Waals surface area contributed by atoms with E-state index in [1.807, 2.05) is 39.5 Å². The summed E-state index contributed by atoms with van der Waals surface area (Å²) in [6.07, 6.45) is 21.1. The van der Waals surface area contributed by atoms with Crippen LogP contribution in [0.1, 0.15) is 0 Å². The van der Waals surface area contributed by atoms with Gasteiger partial charge in [-0.15, -0.1) is 0 Å². The maximum Gasteiger partial charge on any atom is 0.155 e. The Kier molecular flexibility index (Phi) is 4.74. The van der Waals surface area contributed by atoms with Crippen LogP contribution in [0.3, 0.4) is 0 Å². The first kappa shape index (κ1) is 16.3.